The molecule has 0 heterocycles. The molecule has 0 aromatic heterocycles. The van der Waals surface area contributed by atoms with Gasteiger partial charge in [0, 0.05) is 32.6 Å². The molecule has 1 aliphatic carbocycles. The molecule has 1 aliphatic rings. The van der Waals surface area contributed by atoms with Crippen molar-refractivity contribution >= 4 is 35.8 Å². The van der Waals surface area contributed by atoms with Crippen molar-refractivity contribution in [2.75, 3.05) is 40.8 Å². The molecule has 0 spiro atoms. The minimum atomic E-state index is -0.216. The van der Waals surface area contributed by atoms with Gasteiger partial charge in [0.05, 0.1) is 7.11 Å². The fourth-order valence-electron chi connectivity index (χ4n) is 3.37. The summed E-state index contributed by atoms with van der Waals surface area (Å²) < 4.78 is 18.9. The lowest BCUT2D eigenvalue weighted by Crippen LogP contribution is -2.42. The molecular weight excluding hydrogens is 522 g/mol. The second-order valence-electron chi connectivity index (χ2n) is 8.12. The minimum absolute atomic E-state index is 0. The van der Waals surface area contributed by atoms with E-state index >= 15 is 0 Å². The van der Waals surface area contributed by atoms with Gasteiger partial charge >= 0.3 is 0 Å². The maximum Gasteiger partial charge on any atom is 0.243 e. The van der Waals surface area contributed by atoms with Crippen molar-refractivity contribution in [3.05, 3.63) is 65.5 Å². The maximum atomic E-state index is 13.7. The summed E-state index contributed by atoms with van der Waals surface area (Å²) in [5.41, 5.74) is 2.10. The number of nitrogens with one attached hydrogen (secondary N) is 2. The third-order valence-electron chi connectivity index (χ3n) is 5.62. The van der Waals surface area contributed by atoms with E-state index in [1.165, 1.54) is 16.5 Å². The monoisotopic (exact) mass is 554 g/mol. The van der Waals surface area contributed by atoms with Gasteiger partial charge in [0.1, 0.15) is 18.1 Å². The normalized spacial score (nSPS) is 14.2. The number of rotatable bonds is 9. The molecule has 8 heteroatoms. The number of carbonyl (C=O) groups is 1. The Kier molecular flexibility index (Phi) is 9.74. The number of hydrogen-bond acceptors (Lipinski definition) is 3. The number of carbonyl (C=O) groups excluding carboxylic acids is 1. The van der Waals surface area contributed by atoms with Crippen molar-refractivity contribution in [3.63, 3.8) is 0 Å². The quantitative estimate of drug-likeness (QED) is 0.284. The van der Waals surface area contributed by atoms with Crippen molar-refractivity contribution in [2.45, 2.75) is 24.7 Å². The Morgan fingerprint density at radius 1 is 1.16 bits per heavy atom. The van der Waals surface area contributed by atoms with E-state index in [1.807, 2.05) is 30.3 Å². The summed E-state index contributed by atoms with van der Waals surface area (Å²) in [6.07, 6.45) is 2.81. The van der Waals surface area contributed by atoms with Crippen LogP contribution in [0.4, 0.5) is 4.39 Å². The Hall–Kier alpha value is -2.36. The van der Waals surface area contributed by atoms with Crippen LogP contribution in [0.15, 0.2) is 53.5 Å². The number of methoxy groups -OCH3 is 1. The lowest BCUT2D eigenvalue weighted by Gasteiger charge is -2.20. The molecule has 32 heavy (non-hydrogen) atoms. The van der Waals surface area contributed by atoms with Gasteiger partial charge in [-0.3, -0.25) is 4.79 Å². The topological polar surface area (TPSA) is 66.0 Å². The van der Waals surface area contributed by atoms with Crippen LogP contribution in [0.2, 0.25) is 0 Å². The van der Waals surface area contributed by atoms with Crippen molar-refractivity contribution in [2.24, 2.45) is 4.99 Å². The van der Waals surface area contributed by atoms with E-state index in [0.717, 1.165) is 30.6 Å². The Morgan fingerprint density at radius 2 is 1.88 bits per heavy atom. The highest BCUT2D eigenvalue weighted by Crippen LogP contribution is 2.47. The van der Waals surface area contributed by atoms with Gasteiger partial charge in [-0.25, -0.2) is 9.38 Å². The first kappa shape index (κ1) is 25.9. The number of halogens is 2. The van der Waals surface area contributed by atoms with Gasteiger partial charge in [-0.1, -0.05) is 24.3 Å². The number of nitrogens with zero attached hydrogens (tertiary/aromatic N) is 2. The second kappa shape index (κ2) is 12.0. The lowest BCUT2D eigenvalue weighted by atomic mass is 9.96. The molecule has 6 nitrogen and oxygen atoms in total. The average molecular weight is 554 g/mol. The van der Waals surface area contributed by atoms with Crippen LogP contribution in [0, 0.1) is 5.82 Å². The standard InChI is InChI=1S/C24H31FN4O2.HI/c1-29(2)22(30)16-27-23(26-14-11-18-7-9-21(31-3)10-8-18)28-17-24(12-13-24)19-5-4-6-20(25)15-19;/h4-10,15H,11-14,16-17H2,1-3H3,(H2,26,27,28);1H. The zero-order valence-electron chi connectivity index (χ0n) is 18.9. The van der Waals surface area contributed by atoms with Gasteiger partial charge in [0.2, 0.25) is 5.91 Å². The molecule has 0 bridgehead atoms. The van der Waals surface area contributed by atoms with Crippen LogP contribution in [-0.4, -0.2) is 57.6 Å². The molecular formula is C24H32FIN4O2. The van der Waals surface area contributed by atoms with Crippen LogP contribution >= 0.6 is 24.0 Å². The van der Waals surface area contributed by atoms with Crippen LogP contribution in [0.3, 0.4) is 0 Å². The first-order chi connectivity index (χ1) is 14.9. The lowest BCUT2D eigenvalue weighted by molar-refractivity contribution is -0.127. The summed E-state index contributed by atoms with van der Waals surface area (Å²) in [4.78, 5) is 18.0. The molecule has 0 unspecified atom stereocenters. The second-order valence-corrected chi connectivity index (χ2v) is 8.12. The Labute approximate surface area is 206 Å². The first-order valence-corrected chi connectivity index (χ1v) is 10.5. The highest BCUT2D eigenvalue weighted by molar-refractivity contribution is 14.0. The number of amides is 1. The molecule has 1 amide bonds. The molecule has 2 aromatic carbocycles. The fraction of sp³-hybridized carbons (Fsp3) is 0.417. The number of guanidine groups is 1. The number of benzene rings is 2. The number of ether oxygens (including phenoxy) is 1. The predicted octanol–water partition coefficient (Wildman–Crippen LogP) is 3.35. The summed E-state index contributed by atoms with van der Waals surface area (Å²) in [6.45, 7) is 1.38. The zero-order chi connectivity index (χ0) is 22.3. The van der Waals surface area contributed by atoms with Gasteiger partial charge in [-0.15, -0.1) is 24.0 Å². The van der Waals surface area contributed by atoms with Gasteiger partial charge in [0.25, 0.3) is 0 Å². The molecule has 1 saturated carbocycles. The maximum absolute atomic E-state index is 13.7. The summed E-state index contributed by atoms with van der Waals surface area (Å²) >= 11 is 0. The number of hydrogen-bond donors (Lipinski definition) is 2. The van der Waals surface area contributed by atoms with Gasteiger partial charge in [-0.05, 0) is 54.7 Å². The van der Waals surface area contributed by atoms with Crippen LogP contribution in [0.1, 0.15) is 24.0 Å². The molecule has 2 aromatic rings. The van der Waals surface area contributed by atoms with Crippen molar-refractivity contribution in [1.82, 2.24) is 15.5 Å². The molecule has 0 saturated heterocycles. The SMILES string of the molecule is COc1ccc(CCNC(=NCC(=O)N(C)C)NCC2(c3cccc(F)c3)CC2)cc1.I. The van der Waals surface area contributed by atoms with Crippen LogP contribution in [0.5, 0.6) is 5.75 Å². The largest absolute Gasteiger partial charge is 0.497 e. The molecule has 0 aliphatic heterocycles. The summed E-state index contributed by atoms with van der Waals surface area (Å²) in [5.74, 6) is 1.13. The zero-order valence-corrected chi connectivity index (χ0v) is 21.2. The average Bonchev–Trinajstić information content (AvgIpc) is 3.56. The van der Waals surface area contributed by atoms with Crippen molar-refractivity contribution < 1.29 is 13.9 Å². The minimum Gasteiger partial charge on any atom is -0.497 e. The van der Waals surface area contributed by atoms with E-state index < -0.39 is 0 Å². The van der Waals surface area contributed by atoms with Gasteiger partial charge in [-0.2, -0.15) is 0 Å². The summed E-state index contributed by atoms with van der Waals surface area (Å²) in [6, 6.07) is 14.7. The van der Waals surface area contributed by atoms with E-state index in [4.69, 9.17) is 4.74 Å². The van der Waals surface area contributed by atoms with E-state index in [2.05, 4.69) is 15.6 Å². The smallest absolute Gasteiger partial charge is 0.243 e. The molecule has 1 fully saturated rings. The van der Waals surface area contributed by atoms with Gasteiger partial charge < -0.3 is 20.3 Å². The molecule has 174 valence electrons. The third kappa shape index (κ3) is 7.36. The highest BCUT2D eigenvalue weighted by Gasteiger charge is 2.44. The van der Waals surface area contributed by atoms with E-state index in [-0.39, 0.29) is 47.7 Å². The van der Waals surface area contributed by atoms with Crippen LogP contribution < -0.4 is 15.4 Å². The first-order valence-electron chi connectivity index (χ1n) is 10.5. The van der Waals surface area contributed by atoms with Crippen molar-refractivity contribution in [3.8, 4) is 5.75 Å². The molecule has 3 rings (SSSR count). The fourth-order valence-corrected chi connectivity index (χ4v) is 3.37. The van der Waals surface area contributed by atoms with Crippen LogP contribution in [-0.2, 0) is 16.6 Å². The Bertz CT molecular complexity index is 914. The summed E-state index contributed by atoms with van der Waals surface area (Å²) in [7, 11) is 5.08. The molecule has 0 radical (unpaired) electrons. The van der Waals surface area contributed by atoms with E-state index in [1.54, 1.807) is 33.3 Å². The number of likely N-dealkylation sites (N-methyl/N-ethyl adjacent to an activating group) is 1. The highest BCUT2D eigenvalue weighted by atomic mass is 127. The Morgan fingerprint density at radius 3 is 2.47 bits per heavy atom. The van der Waals surface area contributed by atoms with Crippen LogP contribution in [0.25, 0.3) is 0 Å². The molecule has 2 N–H and O–H groups in total. The van der Waals surface area contributed by atoms with Crippen molar-refractivity contribution in [1.29, 1.82) is 0 Å². The predicted molar refractivity (Wildman–Crippen MR) is 136 cm³/mol. The van der Waals surface area contributed by atoms with Gasteiger partial charge in [0.15, 0.2) is 5.96 Å². The van der Waals surface area contributed by atoms with E-state index in [0.29, 0.717) is 19.0 Å². The third-order valence-corrected chi connectivity index (χ3v) is 5.62. The number of aliphatic imine (C=N–C) groups is 1. The summed E-state index contributed by atoms with van der Waals surface area (Å²) in [5, 5.41) is 6.68. The van der Waals surface area contributed by atoms with E-state index in [9.17, 15) is 9.18 Å². The Balaban J connectivity index is 0.00000363. The molecule has 0 atom stereocenters.